The molecule has 9 heteroatoms. The highest BCUT2D eigenvalue weighted by Crippen LogP contribution is 2.26. The van der Waals surface area contributed by atoms with Crippen molar-refractivity contribution in [3.05, 3.63) is 63.7 Å². The number of nitrogens with one attached hydrogen (secondary N) is 1. The van der Waals surface area contributed by atoms with Crippen LogP contribution in [-0.2, 0) is 9.59 Å². The van der Waals surface area contributed by atoms with E-state index in [0.29, 0.717) is 23.7 Å². The first-order valence-electron chi connectivity index (χ1n) is 10.5. The Kier molecular flexibility index (Phi) is 7.74. The molecule has 1 atom stereocenters. The van der Waals surface area contributed by atoms with Gasteiger partial charge in [-0.25, -0.2) is 0 Å². The van der Waals surface area contributed by atoms with Crippen LogP contribution in [0, 0.1) is 24.0 Å². The molecular weight excluding hydrogens is 428 g/mol. The van der Waals surface area contributed by atoms with Crippen LogP contribution < -0.4 is 10.2 Å². The minimum atomic E-state index is -0.691. The van der Waals surface area contributed by atoms with Crippen molar-refractivity contribution in [3.63, 3.8) is 0 Å². The van der Waals surface area contributed by atoms with Crippen LogP contribution in [0.2, 0.25) is 0 Å². The molecule has 0 saturated carbocycles. The van der Waals surface area contributed by atoms with Gasteiger partial charge in [-0.05, 0) is 37.1 Å². The van der Waals surface area contributed by atoms with Gasteiger partial charge in [0.25, 0.3) is 5.69 Å². The lowest BCUT2D eigenvalue weighted by Crippen LogP contribution is -2.55. The Labute approximate surface area is 192 Å². The summed E-state index contributed by atoms with van der Waals surface area (Å²) in [6.45, 7) is 8.18. The first-order chi connectivity index (χ1) is 15.3. The topological polar surface area (TPSA) is 95.8 Å². The van der Waals surface area contributed by atoms with E-state index < -0.39 is 11.0 Å². The quantitative estimate of drug-likeness (QED) is 0.391. The van der Waals surface area contributed by atoms with Gasteiger partial charge in [0.1, 0.15) is 6.04 Å². The number of anilines is 1. The van der Waals surface area contributed by atoms with Gasteiger partial charge in [-0.1, -0.05) is 18.2 Å². The normalized spacial score (nSPS) is 14.7. The molecule has 0 aliphatic carbocycles. The number of hydrogen-bond acceptors (Lipinski definition) is 6. The van der Waals surface area contributed by atoms with Gasteiger partial charge in [0.2, 0.25) is 11.8 Å². The number of carbonyl (C=O) groups excluding carboxylic acids is 2. The Morgan fingerprint density at radius 3 is 2.47 bits per heavy atom. The van der Waals surface area contributed by atoms with Gasteiger partial charge in [-0.2, -0.15) is 0 Å². The molecule has 2 aromatic rings. The number of amides is 2. The van der Waals surface area contributed by atoms with Crippen molar-refractivity contribution in [2.75, 3.05) is 36.8 Å². The number of hydrogen-bond donors (Lipinski definition) is 1. The lowest BCUT2D eigenvalue weighted by atomic mass is 10.1. The number of non-ortho nitro benzene ring substituents is 1. The van der Waals surface area contributed by atoms with Gasteiger partial charge in [0.05, 0.1) is 4.92 Å². The number of rotatable bonds is 7. The minimum Gasteiger partial charge on any atom is -0.368 e. The molecule has 1 saturated heterocycles. The lowest BCUT2D eigenvalue weighted by molar-refractivity contribution is -0.385. The summed E-state index contributed by atoms with van der Waals surface area (Å²) < 4.78 is 0. The largest absolute Gasteiger partial charge is 0.368 e. The minimum absolute atomic E-state index is 0.0000299. The van der Waals surface area contributed by atoms with Gasteiger partial charge >= 0.3 is 0 Å². The monoisotopic (exact) mass is 456 g/mol. The molecule has 0 spiro atoms. The number of nitro benzene ring substituents is 1. The molecule has 8 nitrogen and oxygen atoms in total. The zero-order valence-corrected chi connectivity index (χ0v) is 19.4. The van der Waals surface area contributed by atoms with Crippen molar-refractivity contribution < 1.29 is 14.5 Å². The fourth-order valence-electron chi connectivity index (χ4n) is 3.75. The molecule has 1 unspecified atom stereocenters. The van der Waals surface area contributed by atoms with E-state index in [-0.39, 0.29) is 17.5 Å². The van der Waals surface area contributed by atoms with Crippen molar-refractivity contribution in [3.8, 4) is 0 Å². The zero-order chi connectivity index (χ0) is 23.3. The van der Waals surface area contributed by atoms with Crippen LogP contribution >= 0.6 is 11.8 Å². The summed E-state index contributed by atoms with van der Waals surface area (Å²) in [6.07, 6.45) is 0. The van der Waals surface area contributed by atoms with Crippen LogP contribution in [0.4, 0.5) is 11.4 Å². The van der Waals surface area contributed by atoms with E-state index in [0.717, 1.165) is 13.1 Å². The summed E-state index contributed by atoms with van der Waals surface area (Å²) in [5.74, 6) is -0.104. The second kappa shape index (κ2) is 10.5. The predicted molar refractivity (Wildman–Crippen MR) is 126 cm³/mol. The fraction of sp³-hybridized carbons (Fsp3) is 0.391. The first-order valence-corrected chi connectivity index (χ1v) is 11.5. The maximum Gasteiger partial charge on any atom is 0.270 e. The van der Waals surface area contributed by atoms with E-state index in [9.17, 15) is 19.7 Å². The van der Waals surface area contributed by atoms with E-state index in [1.807, 2.05) is 6.07 Å². The van der Waals surface area contributed by atoms with Crippen LogP contribution in [0.25, 0.3) is 0 Å². The summed E-state index contributed by atoms with van der Waals surface area (Å²) in [6, 6.07) is 11.8. The fourth-order valence-corrected chi connectivity index (χ4v) is 4.72. The number of nitro groups is 1. The molecule has 170 valence electrons. The molecule has 0 bridgehead atoms. The third-order valence-corrected chi connectivity index (χ3v) is 6.72. The van der Waals surface area contributed by atoms with Crippen molar-refractivity contribution in [1.29, 1.82) is 0 Å². The second-order valence-corrected chi connectivity index (χ2v) is 8.94. The first kappa shape index (κ1) is 23.6. The van der Waals surface area contributed by atoms with Crippen LogP contribution in [0.3, 0.4) is 0 Å². The number of piperazine rings is 1. The molecule has 2 amide bonds. The highest BCUT2D eigenvalue weighted by molar-refractivity contribution is 7.99. The molecule has 2 aromatic carbocycles. The molecule has 1 aliphatic rings. The molecule has 0 radical (unpaired) electrons. The summed E-state index contributed by atoms with van der Waals surface area (Å²) in [7, 11) is 0. The number of carbonyl (C=O) groups is 2. The third kappa shape index (κ3) is 5.79. The molecular formula is C23H28N4O4S. The number of aryl methyl sites for hydroxylation is 1. The molecule has 0 aromatic heterocycles. The molecule has 1 fully saturated rings. The second-order valence-electron chi connectivity index (χ2n) is 7.85. The summed E-state index contributed by atoms with van der Waals surface area (Å²) in [4.78, 5) is 40.2. The van der Waals surface area contributed by atoms with E-state index >= 15 is 0 Å². The number of thioether (sulfide) groups is 1. The molecule has 1 N–H and O–H groups in total. The number of nitrogens with zero attached hydrogens (tertiary/aromatic N) is 3. The van der Waals surface area contributed by atoms with Crippen LogP contribution in [0.1, 0.15) is 18.1 Å². The van der Waals surface area contributed by atoms with E-state index in [1.54, 1.807) is 17.0 Å². The van der Waals surface area contributed by atoms with Crippen molar-refractivity contribution in [1.82, 2.24) is 10.2 Å². The molecule has 1 aliphatic heterocycles. The SMILES string of the molecule is CC(=O)NC(CSc1cccc([N+](=O)[O-])c1)C(=O)N1CCN(c2cccc(C)c2C)CC1. The average Bonchev–Trinajstić information content (AvgIpc) is 2.78. The Morgan fingerprint density at radius 2 is 1.81 bits per heavy atom. The van der Waals surface area contributed by atoms with Crippen molar-refractivity contribution >= 4 is 35.0 Å². The third-order valence-electron chi connectivity index (χ3n) is 5.63. The lowest BCUT2D eigenvalue weighted by Gasteiger charge is -2.38. The highest BCUT2D eigenvalue weighted by Gasteiger charge is 2.29. The Balaban J connectivity index is 1.63. The highest BCUT2D eigenvalue weighted by atomic mass is 32.2. The van der Waals surface area contributed by atoms with Crippen LogP contribution in [-0.4, -0.2) is 59.6 Å². The maximum atomic E-state index is 13.2. The van der Waals surface area contributed by atoms with E-state index in [2.05, 4.69) is 36.2 Å². The van der Waals surface area contributed by atoms with Gasteiger partial charge in [-0.15, -0.1) is 11.8 Å². The smallest absolute Gasteiger partial charge is 0.270 e. The maximum absolute atomic E-state index is 13.2. The molecule has 3 rings (SSSR count). The zero-order valence-electron chi connectivity index (χ0n) is 18.5. The average molecular weight is 457 g/mol. The van der Waals surface area contributed by atoms with Gasteiger partial charge in [0.15, 0.2) is 0 Å². The van der Waals surface area contributed by atoms with Gasteiger partial charge < -0.3 is 15.1 Å². The Hall–Kier alpha value is -3.07. The van der Waals surface area contributed by atoms with E-state index in [4.69, 9.17) is 0 Å². The van der Waals surface area contributed by atoms with Crippen molar-refractivity contribution in [2.45, 2.75) is 31.7 Å². The van der Waals surface area contributed by atoms with Gasteiger partial charge in [0, 0.05) is 61.6 Å². The van der Waals surface area contributed by atoms with E-state index in [1.165, 1.54) is 47.6 Å². The predicted octanol–water partition coefficient (Wildman–Crippen LogP) is 3.16. The summed E-state index contributed by atoms with van der Waals surface area (Å²) in [5.41, 5.74) is 3.68. The summed E-state index contributed by atoms with van der Waals surface area (Å²) >= 11 is 1.32. The van der Waals surface area contributed by atoms with Crippen LogP contribution in [0.5, 0.6) is 0 Å². The summed E-state index contributed by atoms with van der Waals surface area (Å²) in [5, 5.41) is 13.7. The molecule has 1 heterocycles. The van der Waals surface area contributed by atoms with Crippen LogP contribution in [0.15, 0.2) is 47.4 Å². The Morgan fingerprint density at radius 1 is 1.12 bits per heavy atom. The molecule has 32 heavy (non-hydrogen) atoms. The standard InChI is InChI=1S/C23H28N4O4S/c1-16-6-4-9-22(17(16)2)25-10-12-26(13-11-25)23(29)21(24-18(3)28)15-32-20-8-5-7-19(14-20)27(30)31/h4-9,14,21H,10-13,15H2,1-3H3,(H,24,28). The van der Waals surface area contributed by atoms with Gasteiger partial charge in [-0.3, -0.25) is 19.7 Å². The Bertz CT molecular complexity index is 1010. The van der Waals surface area contributed by atoms with Crippen molar-refractivity contribution in [2.24, 2.45) is 0 Å². The number of benzene rings is 2.